The van der Waals surface area contributed by atoms with Gasteiger partial charge in [0.2, 0.25) is 0 Å². The van der Waals surface area contributed by atoms with Crippen molar-refractivity contribution in [1.82, 2.24) is 9.97 Å². The fourth-order valence-electron chi connectivity index (χ4n) is 3.03. The molecule has 178 valence electrons. The SMILES string of the molecule is CC(C)(C)OC(=O)Nc1cccc(Nc2cc(Sc3ccc(Oc4ccccc4)cc3)ncn2)c1. The van der Waals surface area contributed by atoms with E-state index in [0.29, 0.717) is 11.5 Å². The van der Waals surface area contributed by atoms with E-state index in [1.54, 1.807) is 6.07 Å². The molecule has 1 aromatic heterocycles. The lowest BCUT2D eigenvalue weighted by Gasteiger charge is -2.19. The predicted octanol–water partition coefficient (Wildman–Crippen LogP) is 7.51. The van der Waals surface area contributed by atoms with Crippen LogP contribution in [0.2, 0.25) is 0 Å². The van der Waals surface area contributed by atoms with E-state index in [1.165, 1.54) is 18.1 Å². The van der Waals surface area contributed by atoms with Gasteiger partial charge in [0, 0.05) is 22.3 Å². The summed E-state index contributed by atoms with van der Waals surface area (Å²) in [6, 6.07) is 26.7. The summed E-state index contributed by atoms with van der Waals surface area (Å²) in [7, 11) is 0. The fraction of sp³-hybridized carbons (Fsp3) is 0.148. The Morgan fingerprint density at radius 1 is 0.829 bits per heavy atom. The van der Waals surface area contributed by atoms with Crippen molar-refractivity contribution in [3.63, 3.8) is 0 Å². The Morgan fingerprint density at radius 3 is 2.29 bits per heavy atom. The summed E-state index contributed by atoms with van der Waals surface area (Å²) in [5.41, 5.74) is 0.825. The molecule has 1 amide bonds. The highest BCUT2D eigenvalue weighted by atomic mass is 32.2. The van der Waals surface area contributed by atoms with Crippen LogP contribution in [0.4, 0.5) is 22.0 Å². The Hall–Kier alpha value is -4.04. The molecule has 0 aliphatic rings. The minimum absolute atomic E-state index is 0.504. The maximum atomic E-state index is 12.0. The summed E-state index contributed by atoms with van der Waals surface area (Å²) in [6.07, 6.45) is 1.01. The number of anilines is 3. The molecular weight excluding hydrogens is 460 g/mol. The molecule has 0 aliphatic carbocycles. The smallest absolute Gasteiger partial charge is 0.412 e. The zero-order valence-corrected chi connectivity index (χ0v) is 20.5. The first kappa shape index (κ1) is 24.1. The van der Waals surface area contributed by atoms with Crippen LogP contribution in [-0.4, -0.2) is 21.7 Å². The number of rotatable bonds is 7. The van der Waals surface area contributed by atoms with Crippen LogP contribution in [-0.2, 0) is 4.74 Å². The highest BCUT2D eigenvalue weighted by molar-refractivity contribution is 7.99. The maximum Gasteiger partial charge on any atom is 0.412 e. The summed E-state index contributed by atoms with van der Waals surface area (Å²) in [5, 5.41) is 6.79. The topological polar surface area (TPSA) is 85.4 Å². The van der Waals surface area contributed by atoms with Crippen molar-refractivity contribution in [2.24, 2.45) is 0 Å². The van der Waals surface area contributed by atoms with E-state index in [0.717, 1.165) is 27.1 Å². The molecule has 0 bridgehead atoms. The average Bonchev–Trinajstić information content (AvgIpc) is 2.80. The van der Waals surface area contributed by atoms with Crippen LogP contribution in [0.3, 0.4) is 0 Å². The molecule has 2 N–H and O–H groups in total. The number of benzene rings is 3. The molecule has 0 saturated heterocycles. The van der Waals surface area contributed by atoms with Crippen LogP contribution >= 0.6 is 11.8 Å². The Morgan fingerprint density at radius 2 is 1.54 bits per heavy atom. The van der Waals surface area contributed by atoms with Gasteiger partial charge in [-0.3, -0.25) is 5.32 Å². The first-order chi connectivity index (χ1) is 16.8. The summed E-state index contributed by atoms with van der Waals surface area (Å²) in [6.45, 7) is 5.46. The number of hydrogen-bond donors (Lipinski definition) is 2. The van der Waals surface area contributed by atoms with E-state index >= 15 is 0 Å². The maximum absolute atomic E-state index is 12.0. The lowest BCUT2D eigenvalue weighted by Crippen LogP contribution is -2.27. The third-order valence-electron chi connectivity index (χ3n) is 4.45. The van der Waals surface area contributed by atoms with Crippen molar-refractivity contribution in [1.29, 1.82) is 0 Å². The zero-order valence-electron chi connectivity index (χ0n) is 19.7. The Kier molecular flexibility index (Phi) is 7.52. The average molecular weight is 487 g/mol. The Labute approximate surface area is 208 Å². The molecule has 1 heterocycles. The number of carbonyl (C=O) groups excluding carboxylic acids is 1. The first-order valence-electron chi connectivity index (χ1n) is 11.0. The van der Waals surface area contributed by atoms with Gasteiger partial charge in [-0.15, -0.1) is 0 Å². The first-order valence-corrected chi connectivity index (χ1v) is 11.8. The van der Waals surface area contributed by atoms with E-state index in [9.17, 15) is 4.79 Å². The van der Waals surface area contributed by atoms with Crippen LogP contribution in [0, 0.1) is 0 Å². The summed E-state index contributed by atoms with van der Waals surface area (Å²) in [4.78, 5) is 21.7. The van der Waals surface area contributed by atoms with Gasteiger partial charge in [0.05, 0.1) is 0 Å². The third kappa shape index (κ3) is 7.75. The number of nitrogens with one attached hydrogen (secondary N) is 2. The van der Waals surface area contributed by atoms with Crippen LogP contribution in [0.25, 0.3) is 0 Å². The second-order valence-corrected chi connectivity index (χ2v) is 9.66. The van der Waals surface area contributed by atoms with Crippen LogP contribution in [0.5, 0.6) is 11.5 Å². The molecule has 0 aliphatic heterocycles. The monoisotopic (exact) mass is 486 g/mol. The lowest BCUT2D eigenvalue weighted by molar-refractivity contribution is 0.0636. The van der Waals surface area contributed by atoms with E-state index in [1.807, 2.05) is 99.6 Å². The van der Waals surface area contributed by atoms with E-state index < -0.39 is 11.7 Å². The van der Waals surface area contributed by atoms with Gasteiger partial charge in [-0.2, -0.15) is 0 Å². The minimum atomic E-state index is -0.565. The van der Waals surface area contributed by atoms with Crippen molar-refractivity contribution in [2.75, 3.05) is 10.6 Å². The number of para-hydroxylation sites is 1. The number of carbonyl (C=O) groups is 1. The summed E-state index contributed by atoms with van der Waals surface area (Å²) in [5.74, 6) is 2.20. The molecule has 7 nitrogen and oxygen atoms in total. The molecule has 0 unspecified atom stereocenters. The molecule has 0 fully saturated rings. The van der Waals surface area contributed by atoms with Gasteiger partial charge in [-0.05, 0) is 75.4 Å². The zero-order chi connectivity index (χ0) is 24.7. The molecule has 0 spiro atoms. The summed E-state index contributed by atoms with van der Waals surface area (Å²) < 4.78 is 11.2. The summed E-state index contributed by atoms with van der Waals surface area (Å²) >= 11 is 1.52. The van der Waals surface area contributed by atoms with Gasteiger partial charge in [-0.25, -0.2) is 14.8 Å². The molecule has 0 atom stereocenters. The number of hydrogen-bond acceptors (Lipinski definition) is 7. The molecular formula is C27H26N4O3S. The third-order valence-corrected chi connectivity index (χ3v) is 5.39. The van der Waals surface area contributed by atoms with Gasteiger partial charge < -0.3 is 14.8 Å². The Balaban J connectivity index is 1.37. The second-order valence-electron chi connectivity index (χ2n) is 8.56. The highest BCUT2D eigenvalue weighted by Crippen LogP contribution is 2.30. The second kappa shape index (κ2) is 10.9. The number of nitrogens with zero attached hydrogens (tertiary/aromatic N) is 2. The van der Waals surface area contributed by atoms with Crippen molar-refractivity contribution < 1.29 is 14.3 Å². The molecule has 4 rings (SSSR count). The molecule has 8 heteroatoms. The van der Waals surface area contributed by atoms with Crippen molar-refractivity contribution >= 4 is 35.0 Å². The largest absolute Gasteiger partial charge is 0.457 e. The predicted molar refractivity (Wildman–Crippen MR) is 139 cm³/mol. The molecule has 0 saturated carbocycles. The van der Waals surface area contributed by atoms with Crippen LogP contribution in [0.1, 0.15) is 20.8 Å². The van der Waals surface area contributed by atoms with Gasteiger partial charge in [0.1, 0.15) is 34.3 Å². The van der Waals surface area contributed by atoms with E-state index in [2.05, 4.69) is 20.6 Å². The van der Waals surface area contributed by atoms with Crippen molar-refractivity contribution in [2.45, 2.75) is 36.3 Å². The van der Waals surface area contributed by atoms with Crippen LogP contribution in [0.15, 0.2) is 101 Å². The van der Waals surface area contributed by atoms with Crippen LogP contribution < -0.4 is 15.4 Å². The quantitative estimate of drug-likeness (QED) is 0.261. The van der Waals surface area contributed by atoms with Gasteiger partial charge in [0.15, 0.2) is 0 Å². The van der Waals surface area contributed by atoms with Gasteiger partial charge in [-0.1, -0.05) is 36.0 Å². The van der Waals surface area contributed by atoms with Gasteiger partial charge in [0.25, 0.3) is 0 Å². The fourth-order valence-corrected chi connectivity index (χ4v) is 3.81. The minimum Gasteiger partial charge on any atom is -0.457 e. The number of ether oxygens (including phenoxy) is 2. The molecule has 4 aromatic rings. The highest BCUT2D eigenvalue weighted by Gasteiger charge is 2.16. The molecule has 35 heavy (non-hydrogen) atoms. The van der Waals surface area contributed by atoms with Crippen molar-refractivity contribution in [3.8, 4) is 11.5 Å². The standard InChI is InChI=1S/C27H26N4O3S/c1-27(2,3)34-26(32)31-20-9-7-8-19(16-20)30-24-17-25(29-18-28-24)35-23-14-12-22(13-15-23)33-21-10-5-4-6-11-21/h4-18H,1-3H3,(H,31,32)(H,28,29,30). The normalized spacial score (nSPS) is 10.9. The molecule has 0 radical (unpaired) electrons. The number of amides is 1. The van der Waals surface area contributed by atoms with Crippen molar-refractivity contribution in [3.05, 3.63) is 91.3 Å². The molecule has 3 aromatic carbocycles. The number of aromatic nitrogens is 2. The Bertz CT molecular complexity index is 1280. The van der Waals surface area contributed by atoms with E-state index in [-0.39, 0.29) is 0 Å². The van der Waals surface area contributed by atoms with Gasteiger partial charge >= 0.3 is 6.09 Å². The van der Waals surface area contributed by atoms with E-state index in [4.69, 9.17) is 9.47 Å². The lowest BCUT2D eigenvalue weighted by atomic mass is 10.2.